The van der Waals surface area contributed by atoms with Gasteiger partial charge < -0.3 is 20.3 Å². The molecular weight excluding hydrogens is 767 g/mol. The molecule has 0 aliphatic rings. The molecule has 0 fully saturated rings. The maximum Gasteiger partial charge on any atom is 0.306 e. The predicted octanol–water partition coefficient (Wildman–Crippen LogP) is 16.2. The molecule has 0 aliphatic carbocycles. The van der Waals surface area contributed by atoms with Gasteiger partial charge in [0.05, 0.1) is 25.2 Å². The normalized spacial score (nSPS) is 13.6. The Morgan fingerprint density at radius 1 is 0.468 bits per heavy atom. The van der Waals surface area contributed by atoms with E-state index in [4.69, 9.17) is 4.74 Å². The van der Waals surface area contributed by atoms with E-state index in [0.29, 0.717) is 19.3 Å². The summed E-state index contributed by atoms with van der Waals surface area (Å²) in [5.41, 5.74) is 0. The first kappa shape index (κ1) is 59.8. The average molecular weight is 870 g/mol. The van der Waals surface area contributed by atoms with Crippen LogP contribution in [0.15, 0.2) is 48.6 Å². The number of aliphatic hydroxyl groups excluding tert-OH is 2. The van der Waals surface area contributed by atoms with Crippen LogP contribution in [0.2, 0.25) is 0 Å². The zero-order valence-electron chi connectivity index (χ0n) is 41.3. The van der Waals surface area contributed by atoms with Crippen LogP contribution in [-0.4, -0.2) is 46.9 Å². The molecule has 0 saturated carbocycles. The number of aliphatic hydroxyl groups is 2. The molecule has 362 valence electrons. The van der Waals surface area contributed by atoms with Gasteiger partial charge in [0.25, 0.3) is 0 Å². The molecule has 3 atom stereocenters. The molecule has 0 aromatic carbocycles. The van der Waals surface area contributed by atoms with Crippen molar-refractivity contribution < 1.29 is 24.5 Å². The van der Waals surface area contributed by atoms with E-state index in [1.54, 1.807) is 0 Å². The first-order valence-corrected chi connectivity index (χ1v) is 26.9. The molecule has 0 spiro atoms. The van der Waals surface area contributed by atoms with Crippen molar-refractivity contribution in [2.75, 3.05) is 6.61 Å². The Kier molecular flexibility index (Phi) is 48.1. The van der Waals surface area contributed by atoms with Crippen molar-refractivity contribution in [1.29, 1.82) is 0 Å². The van der Waals surface area contributed by atoms with Crippen molar-refractivity contribution in [3.63, 3.8) is 0 Å². The first-order chi connectivity index (χ1) is 30.5. The minimum absolute atomic E-state index is 0.0665. The average Bonchev–Trinajstić information content (AvgIpc) is 3.26. The van der Waals surface area contributed by atoms with E-state index in [1.807, 2.05) is 0 Å². The highest BCUT2D eigenvalue weighted by Gasteiger charge is 2.24. The van der Waals surface area contributed by atoms with Crippen molar-refractivity contribution in [2.24, 2.45) is 0 Å². The summed E-state index contributed by atoms with van der Waals surface area (Å²) in [4.78, 5) is 26.1. The summed E-state index contributed by atoms with van der Waals surface area (Å²) in [5, 5.41) is 23.8. The number of esters is 1. The quantitative estimate of drug-likeness (QED) is 0.0322. The summed E-state index contributed by atoms with van der Waals surface area (Å²) in [6, 6.07) is -0.706. The zero-order valence-corrected chi connectivity index (χ0v) is 41.3. The van der Waals surface area contributed by atoms with Gasteiger partial charge in [-0.3, -0.25) is 9.59 Å². The molecule has 0 rings (SSSR count). The van der Waals surface area contributed by atoms with Gasteiger partial charge in [-0.15, -0.1) is 0 Å². The highest BCUT2D eigenvalue weighted by molar-refractivity contribution is 5.77. The van der Waals surface area contributed by atoms with Gasteiger partial charge in [0, 0.05) is 6.42 Å². The molecule has 0 saturated heterocycles. The molecule has 3 unspecified atom stereocenters. The molecule has 0 aromatic heterocycles. The lowest BCUT2D eigenvalue weighted by molar-refractivity contribution is -0.151. The molecule has 0 aliphatic heterocycles. The molecule has 0 aromatic rings. The van der Waals surface area contributed by atoms with Crippen LogP contribution in [0.25, 0.3) is 0 Å². The summed E-state index contributed by atoms with van der Waals surface area (Å²) in [5.74, 6) is -0.504. The molecule has 62 heavy (non-hydrogen) atoms. The fraction of sp³-hybridized carbons (Fsp3) is 0.821. The second-order valence-electron chi connectivity index (χ2n) is 18.3. The fourth-order valence-electron chi connectivity index (χ4n) is 8.06. The van der Waals surface area contributed by atoms with Crippen LogP contribution in [0.4, 0.5) is 0 Å². The minimum atomic E-state index is -0.791. The lowest BCUT2D eigenvalue weighted by Crippen LogP contribution is -2.46. The van der Waals surface area contributed by atoms with Crippen LogP contribution >= 0.6 is 0 Å². The van der Waals surface area contributed by atoms with E-state index >= 15 is 0 Å². The van der Waals surface area contributed by atoms with Gasteiger partial charge in [0.2, 0.25) is 5.91 Å². The van der Waals surface area contributed by atoms with Gasteiger partial charge in [-0.1, -0.05) is 236 Å². The van der Waals surface area contributed by atoms with E-state index in [0.717, 1.165) is 83.5 Å². The predicted molar refractivity (Wildman–Crippen MR) is 269 cm³/mol. The van der Waals surface area contributed by atoms with E-state index < -0.39 is 18.2 Å². The van der Waals surface area contributed by atoms with Gasteiger partial charge >= 0.3 is 5.97 Å². The van der Waals surface area contributed by atoms with Crippen LogP contribution in [0, 0.1) is 0 Å². The van der Waals surface area contributed by atoms with Crippen LogP contribution < -0.4 is 5.32 Å². The van der Waals surface area contributed by atoms with Gasteiger partial charge in [-0.25, -0.2) is 0 Å². The number of carbonyl (C=O) groups is 2. The number of hydrogen-bond acceptors (Lipinski definition) is 5. The summed E-state index contributed by atoms with van der Waals surface area (Å²) in [6.45, 7) is 6.45. The number of hydrogen-bond donors (Lipinski definition) is 3. The SMILES string of the molecule is CCCCC/C=C\C/C=C\C/C=C\C/C=C\CCCCCC(=O)OC(CCCCCCCCCCC)CC(=O)NC(CO)C(O)CCCCCCCCCCCCCCCCC. The van der Waals surface area contributed by atoms with Crippen molar-refractivity contribution in [3.05, 3.63) is 48.6 Å². The largest absolute Gasteiger partial charge is 0.462 e. The van der Waals surface area contributed by atoms with Gasteiger partial charge in [-0.2, -0.15) is 0 Å². The monoisotopic (exact) mass is 870 g/mol. The second kappa shape index (κ2) is 49.8. The molecule has 0 heterocycles. The number of amides is 1. The van der Waals surface area contributed by atoms with Crippen LogP contribution in [-0.2, 0) is 14.3 Å². The van der Waals surface area contributed by atoms with Crippen LogP contribution in [0.1, 0.15) is 271 Å². The van der Waals surface area contributed by atoms with Gasteiger partial charge in [0.15, 0.2) is 0 Å². The molecule has 1 amide bonds. The first-order valence-electron chi connectivity index (χ1n) is 26.9. The topological polar surface area (TPSA) is 95.9 Å². The summed E-state index contributed by atoms with van der Waals surface area (Å²) >= 11 is 0. The number of ether oxygens (including phenoxy) is 1. The Morgan fingerprint density at radius 2 is 0.823 bits per heavy atom. The zero-order chi connectivity index (χ0) is 45.2. The highest BCUT2D eigenvalue weighted by atomic mass is 16.5. The molecule has 0 radical (unpaired) electrons. The van der Waals surface area contributed by atoms with Crippen molar-refractivity contribution in [1.82, 2.24) is 5.32 Å². The maximum absolute atomic E-state index is 13.2. The number of unbranched alkanes of at least 4 members (excludes halogenated alkanes) is 28. The smallest absolute Gasteiger partial charge is 0.306 e. The van der Waals surface area contributed by atoms with Gasteiger partial charge in [-0.05, 0) is 70.6 Å². The van der Waals surface area contributed by atoms with Crippen LogP contribution in [0.5, 0.6) is 0 Å². The molecule has 0 bridgehead atoms. The lowest BCUT2D eigenvalue weighted by Gasteiger charge is -2.24. The van der Waals surface area contributed by atoms with E-state index in [2.05, 4.69) is 74.7 Å². The second-order valence-corrected chi connectivity index (χ2v) is 18.3. The number of nitrogens with one attached hydrogen (secondary N) is 1. The highest BCUT2D eigenvalue weighted by Crippen LogP contribution is 2.18. The Balaban J connectivity index is 4.48. The Labute approximate surface area is 385 Å². The number of carbonyl (C=O) groups excluding carboxylic acids is 2. The Bertz CT molecular complexity index is 1070. The third-order valence-electron chi connectivity index (χ3n) is 12.2. The van der Waals surface area contributed by atoms with E-state index in [-0.39, 0.29) is 24.9 Å². The third kappa shape index (κ3) is 44.4. The Hall–Kier alpha value is -2.18. The van der Waals surface area contributed by atoms with Gasteiger partial charge in [0.1, 0.15) is 6.10 Å². The van der Waals surface area contributed by atoms with Crippen molar-refractivity contribution >= 4 is 11.9 Å². The van der Waals surface area contributed by atoms with E-state index in [9.17, 15) is 19.8 Å². The number of rotatable bonds is 48. The molecule has 3 N–H and O–H groups in total. The van der Waals surface area contributed by atoms with Crippen LogP contribution in [0.3, 0.4) is 0 Å². The fourth-order valence-corrected chi connectivity index (χ4v) is 8.06. The summed E-state index contributed by atoms with van der Waals surface area (Å²) < 4.78 is 5.91. The minimum Gasteiger partial charge on any atom is -0.462 e. The molecule has 6 nitrogen and oxygen atoms in total. The standard InChI is InChI=1S/C56H103NO5/c1-4-7-10-13-16-19-21-23-25-26-27-28-30-32-34-37-40-43-46-49-56(61)62-52(47-44-41-38-35-18-15-12-9-6-3)50-55(60)57-53(51-58)54(59)48-45-42-39-36-33-31-29-24-22-20-17-14-11-8-5-2/h16,19,23,25,27-28,32,34,52-54,58-59H,4-15,17-18,20-22,24,26,29-31,33,35-51H2,1-3H3,(H,57,60)/b19-16-,25-23-,28-27-,34-32-. The van der Waals surface area contributed by atoms with Crippen molar-refractivity contribution in [2.45, 2.75) is 289 Å². The van der Waals surface area contributed by atoms with Crippen molar-refractivity contribution in [3.8, 4) is 0 Å². The summed E-state index contributed by atoms with van der Waals surface area (Å²) in [6.07, 6.45) is 60.3. The van der Waals surface area contributed by atoms with E-state index in [1.165, 1.54) is 141 Å². The lowest BCUT2D eigenvalue weighted by atomic mass is 10.0. The number of allylic oxidation sites excluding steroid dienone is 8. The maximum atomic E-state index is 13.2. The Morgan fingerprint density at radius 3 is 1.26 bits per heavy atom. The molecule has 6 heteroatoms. The summed E-state index contributed by atoms with van der Waals surface area (Å²) in [7, 11) is 0. The third-order valence-corrected chi connectivity index (χ3v) is 12.2. The molecular formula is C56H103NO5.